The average molecular weight is 432 g/mol. The lowest BCUT2D eigenvalue weighted by Crippen LogP contribution is -2.30. The fourth-order valence-corrected chi connectivity index (χ4v) is 4.10. The molecule has 0 radical (unpaired) electrons. The summed E-state index contributed by atoms with van der Waals surface area (Å²) in [5.41, 5.74) is 0.798. The first kappa shape index (κ1) is 21.5. The third-order valence-corrected chi connectivity index (χ3v) is 5.61. The van der Waals surface area contributed by atoms with E-state index in [1.54, 1.807) is 11.4 Å². The Labute approximate surface area is 164 Å². The molecule has 1 aliphatic rings. The van der Waals surface area contributed by atoms with Crippen molar-refractivity contribution < 1.29 is 35.2 Å². The third-order valence-electron chi connectivity index (χ3n) is 3.43. The summed E-state index contributed by atoms with van der Waals surface area (Å²) in [5.74, 6) is -0.573. The number of nitrogens with zero attached hydrogens (tertiary/aromatic N) is 1. The molecule has 0 saturated heterocycles. The first-order valence-electron chi connectivity index (χ1n) is 7.45. The quantitative estimate of drug-likeness (QED) is 0.353. The van der Waals surface area contributed by atoms with Gasteiger partial charge in [-0.1, -0.05) is 0 Å². The summed E-state index contributed by atoms with van der Waals surface area (Å²) in [6, 6.07) is 3.20. The van der Waals surface area contributed by atoms with Crippen LogP contribution in [0.2, 0.25) is 0 Å². The van der Waals surface area contributed by atoms with E-state index in [0.717, 1.165) is 17.9 Å². The van der Waals surface area contributed by atoms with Crippen molar-refractivity contribution in [1.29, 1.82) is 0 Å². The van der Waals surface area contributed by atoms with Crippen molar-refractivity contribution in [2.45, 2.75) is 0 Å². The van der Waals surface area contributed by atoms with Crippen LogP contribution >= 0.6 is 30.9 Å². The molecule has 12 heteroatoms. The van der Waals surface area contributed by atoms with Gasteiger partial charge in [0.05, 0.1) is 14.6 Å². The number of fused-ring (bicyclic) bond motifs is 2. The Morgan fingerprint density at radius 1 is 1.33 bits per heavy atom. The Kier molecular flexibility index (Phi) is 7.45. The zero-order valence-corrected chi connectivity index (χ0v) is 16.8. The van der Waals surface area contributed by atoms with E-state index >= 15 is 0 Å². The zero-order valence-electron chi connectivity index (χ0n) is 14.3. The van der Waals surface area contributed by atoms with Crippen molar-refractivity contribution in [2.24, 2.45) is 0 Å². The van der Waals surface area contributed by atoms with E-state index in [-0.39, 0.29) is 18.9 Å². The van der Waals surface area contributed by atoms with Crippen LogP contribution in [0.3, 0.4) is 0 Å². The van der Waals surface area contributed by atoms with Crippen LogP contribution in [0.15, 0.2) is 17.5 Å². The number of thiophene rings is 2. The molecule has 0 fully saturated rings. The van der Waals surface area contributed by atoms with Crippen LogP contribution in [0.1, 0.15) is 41.6 Å². The maximum atomic E-state index is 12.4. The topological polar surface area (TPSA) is 136 Å². The van der Waals surface area contributed by atoms with E-state index in [0.29, 0.717) is 32.3 Å². The largest absolute Gasteiger partial charge is 0.565 e. The second-order valence-corrected chi connectivity index (χ2v) is 8.12. The van der Waals surface area contributed by atoms with Gasteiger partial charge in [0.25, 0.3) is 5.91 Å². The zero-order chi connectivity index (χ0) is 20.1. The van der Waals surface area contributed by atoms with Crippen LogP contribution in [-0.4, -0.2) is 54.8 Å². The van der Waals surface area contributed by atoms with Gasteiger partial charge in [-0.2, -0.15) is 0 Å². The van der Waals surface area contributed by atoms with E-state index in [9.17, 15) is 14.4 Å². The van der Waals surface area contributed by atoms with Crippen LogP contribution in [0.4, 0.5) is 0 Å². The predicted molar refractivity (Wildman–Crippen MR) is 99.8 cm³/mol. The minimum Gasteiger partial charge on any atom is -0.565 e. The van der Waals surface area contributed by atoms with Gasteiger partial charge in [0.2, 0.25) is 11.6 Å². The van der Waals surface area contributed by atoms with E-state index < -0.39 is 8.25 Å². The summed E-state index contributed by atoms with van der Waals surface area (Å²) in [4.78, 5) is 49.0. The second-order valence-electron chi connectivity index (χ2n) is 5.54. The number of likely N-dealkylation sites (N-methyl/N-ethyl adjacent to an activating group) is 1. The summed E-state index contributed by atoms with van der Waals surface area (Å²) in [6.45, 7) is 1.25. The molecule has 2 N–H and O–H groups in total. The van der Waals surface area contributed by atoms with E-state index in [1.807, 2.05) is 19.0 Å². The number of rotatable bonds is 5. The maximum Gasteiger partial charge on any atom is 0.521 e. The monoisotopic (exact) mass is 432 g/mol. The lowest BCUT2D eigenvalue weighted by atomic mass is 9.96. The fourth-order valence-electron chi connectivity index (χ4n) is 2.23. The summed E-state index contributed by atoms with van der Waals surface area (Å²) in [5, 5.41) is 11.6. The molecule has 2 aromatic rings. The van der Waals surface area contributed by atoms with Crippen molar-refractivity contribution >= 4 is 48.4 Å². The Balaban J connectivity index is 0.000000584. The smallest absolute Gasteiger partial charge is 0.521 e. The first-order chi connectivity index (χ1) is 12.8. The van der Waals surface area contributed by atoms with E-state index in [2.05, 4.69) is 9.99 Å². The minimum absolute atomic E-state index is 0. The van der Waals surface area contributed by atoms with Crippen molar-refractivity contribution in [3.63, 3.8) is 0 Å². The lowest BCUT2D eigenvalue weighted by Gasteiger charge is -2.09. The lowest BCUT2D eigenvalue weighted by molar-refractivity contribution is -0.244. The van der Waals surface area contributed by atoms with Gasteiger partial charge >= 0.3 is 8.25 Å². The highest BCUT2D eigenvalue weighted by molar-refractivity contribution is 7.30. The van der Waals surface area contributed by atoms with Crippen LogP contribution in [0, 0.1) is 0 Å². The van der Waals surface area contributed by atoms with Crippen LogP contribution in [-0.2, 0) is 9.24 Å². The molecule has 0 aromatic carbocycles. The highest BCUT2D eigenvalue weighted by Crippen LogP contribution is 2.35. The molecule has 146 valence electrons. The van der Waals surface area contributed by atoms with Gasteiger partial charge in [0.15, 0.2) is 0 Å². The molecule has 3 rings (SSSR count). The average Bonchev–Trinajstić information content (AvgIpc) is 3.27. The Hall–Kier alpha value is -1.85. The van der Waals surface area contributed by atoms with Gasteiger partial charge < -0.3 is 15.1 Å². The highest BCUT2D eigenvalue weighted by atomic mass is 32.1. The molecule has 0 aliphatic heterocycles. The molecular weight excluding hydrogens is 415 g/mol. The van der Waals surface area contributed by atoms with E-state index in [1.165, 1.54) is 17.4 Å². The minimum atomic E-state index is -3.04. The predicted octanol–water partition coefficient (Wildman–Crippen LogP) is 1.62. The van der Waals surface area contributed by atoms with Crippen LogP contribution in [0.5, 0.6) is 0 Å². The van der Waals surface area contributed by atoms with Gasteiger partial charge in [0.1, 0.15) is 0 Å². The Bertz CT molecular complexity index is 849. The fraction of sp³-hybridized carbons (Fsp3) is 0.267. The normalized spacial score (nSPS) is 12.9. The number of ketones is 2. The number of nitrogens with one attached hydrogen (secondary N) is 1. The Morgan fingerprint density at radius 2 is 1.96 bits per heavy atom. The number of hydrogen-bond donors (Lipinski definition) is 2. The van der Waals surface area contributed by atoms with Crippen molar-refractivity contribution in [2.75, 3.05) is 27.2 Å². The summed E-state index contributed by atoms with van der Waals surface area (Å²) in [6.07, 6.45) is 0. The van der Waals surface area contributed by atoms with E-state index in [4.69, 9.17) is 14.7 Å². The molecule has 1 amide bonds. The third kappa shape index (κ3) is 5.11. The molecule has 1 aliphatic carbocycles. The molecule has 0 saturated carbocycles. The summed E-state index contributed by atoms with van der Waals surface area (Å²) >= 11 is 2.35. The van der Waals surface area contributed by atoms with Crippen molar-refractivity contribution in [1.82, 2.24) is 10.2 Å². The first-order valence-corrected chi connectivity index (χ1v) is 10.2. The SMILES string of the molecule is CN(C)CCNC(=O)c1cc2c(s1)C(=O)c1ccsc1C2=O.O=[P+]([O-])OO.[HH]. The molecule has 1 unspecified atom stereocenters. The number of carbonyl (C=O) groups excluding carboxylic acids is 3. The van der Waals surface area contributed by atoms with Gasteiger partial charge in [-0.3, -0.25) is 14.4 Å². The van der Waals surface area contributed by atoms with Gasteiger partial charge in [-0.25, -0.2) is 5.26 Å². The van der Waals surface area contributed by atoms with Crippen molar-refractivity contribution in [3.8, 4) is 0 Å². The highest BCUT2D eigenvalue weighted by Gasteiger charge is 2.33. The molecule has 27 heavy (non-hydrogen) atoms. The maximum absolute atomic E-state index is 12.4. The van der Waals surface area contributed by atoms with Crippen LogP contribution in [0.25, 0.3) is 0 Å². The van der Waals surface area contributed by atoms with Crippen LogP contribution < -0.4 is 10.2 Å². The summed E-state index contributed by atoms with van der Waals surface area (Å²) in [7, 11) is 0.802. The molecule has 2 aromatic heterocycles. The number of hydrogen-bond acceptors (Lipinski definition) is 10. The Morgan fingerprint density at radius 3 is 2.56 bits per heavy atom. The molecule has 1 atom stereocenters. The molecular formula is C15H17N2O7PS2. The van der Waals surface area contributed by atoms with Gasteiger partial charge in [-0.15, -0.1) is 22.7 Å². The van der Waals surface area contributed by atoms with Gasteiger partial charge in [0, 0.05) is 30.3 Å². The number of carbonyl (C=O) groups is 3. The second kappa shape index (κ2) is 9.38. The molecule has 0 bridgehead atoms. The summed E-state index contributed by atoms with van der Waals surface area (Å²) < 4.78 is 11.6. The standard InChI is InChI=1S/C15H14N2O3S2.HO4P.H2/c1-17(2)5-4-16-15(20)10-7-9-12(19)13-8(3-6-21-13)11(18)14(9)22-10;1-4-5(2)3;/h3,6-7H,4-5H2,1-2H3,(H,16,20);1H;1H. The van der Waals surface area contributed by atoms with Gasteiger partial charge in [-0.05, 0) is 36.2 Å². The molecule has 0 spiro atoms. The number of amides is 1. The van der Waals surface area contributed by atoms with Crippen molar-refractivity contribution in [3.05, 3.63) is 43.3 Å². The molecule has 9 nitrogen and oxygen atoms in total. The molecule has 2 heterocycles.